The van der Waals surface area contributed by atoms with Gasteiger partial charge in [-0.1, -0.05) is 11.8 Å². The van der Waals surface area contributed by atoms with Crippen molar-refractivity contribution in [3.8, 4) is 0 Å². The monoisotopic (exact) mass is 202 g/mol. The first-order valence-corrected chi connectivity index (χ1v) is 5.16. The highest BCUT2D eigenvalue weighted by Gasteiger charge is 2.36. The second kappa shape index (κ2) is 3.45. The van der Waals surface area contributed by atoms with Crippen LogP contribution >= 0.6 is 11.8 Å². The smallest absolute Gasteiger partial charge is 0.338 e. The van der Waals surface area contributed by atoms with Crippen molar-refractivity contribution in [2.24, 2.45) is 4.99 Å². The van der Waals surface area contributed by atoms with Crippen LogP contribution in [0.4, 0.5) is 4.79 Å². The SMILES string of the molecule is CNC(=O)N1NC(SC)=NC1(C)C. The average molecular weight is 202 g/mol. The van der Waals surface area contributed by atoms with Crippen LogP contribution in [0.25, 0.3) is 0 Å². The first-order chi connectivity index (χ1) is 6.01. The molecule has 0 aliphatic carbocycles. The number of rotatable bonds is 0. The summed E-state index contributed by atoms with van der Waals surface area (Å²) in [6.07, 6.45) is 1.91. The average Bonchev–Trinajstić information content (AvgIpc) is 2.39. The third-order valence-corrected chi connectivity index (χ3v) is 2.31. The van der Waals surface area contributed by atoms with Gasteiger partial charge in [-0.2, -0.15) is 0 Å². The number of nitrogens with zero attached hydrogens (tertiary/aromatic N) is 2. The Morgan fingerprint density at radius 2 is 2.31 bits per heavy atom. The van der Waals surface area contributed by atoms with E-state index in [0.717, 1.165) is 5.17 Å². The van der Waals surface area contributed by atoms with Crippen LogP contribution in [0.5, 0.6) is 0 Å². The van der Waals surface area contributed by atoms with Gasteiger partial charge in [0, 0.05) is 7.05 Å². The molecule has 0 spiro atoms. The lowest BCUT2D eigenvalue weighted by Gasteiger charge is -2.27. The van der Waals surface area contributed by atoms with Crippen LogP contribution in [-0.2, 0) is 0 Å². The summed E-state index contributed by atoms with van der Waals surface area (Å²) in [6, 6.07) is -0.183. The molecule has 0 bridgehead atoms. The summed E-state index contributed by atoms with van der Waals surface area (Å²) < 4.78 is 0. The maximum Gasteiger partial charge on any atom is 0.338 e. The fraction of sp³-hybridized carbons (Fsp3) is 0.714. The first kappa shape index (κ1) is 10.2. The lowest BCUT2D eigenvalue weighted by Crippen LogP contribution is -2.53. The first-order valence-electron chi connectivity index (χ1n) is 3.93. The second-order valence-electron chi connectivity index (χ2n) is 3.12. The molecule has 1 aliphatic rings. The van der Waals surface area contributed by atoms with Crippen molar-refractivity contribution in [2.45, 2.75) is 19.5 Å². The van der Waals surface area contributed by atoms with Gasteiger partial charge in [0.15, 0.2) is 10.8 Å². The largest absolute Gasteiger partial charge is 0.340 e. The molecule has 0 aromatic rings. The Balaban J connectivity index is 2.78. The molecule has 0 aromatic heterocycles. The highest BCUT2D eigenvalue weighted by atomic mass is 32.2. The Labute approximate surface area is 81.9 Å². The molecular weight excluding hydrogens is 188 g/mol. The van der Waals surface area contributed by atoms with E-state index in [9.17, 15) is 4.79 Å². The van der Waals surface area contributed by atoms with E-state index in [2.05, 4.69) is 15.7 Å². The second-order valence-corrected chi connectivity index (χ2v) is 3.91. The number of hydrogen-bond acceptors (Lipinski definition) is 4. The molecular formula is C7H14N4OS. The minimum atomic E-state index is -0.515. The Bertz CT molecular complexity index is 251. The molecule has 0 aromatic carbocycles. The van der Waals surface area contributed by atoms with Crippen molar-refractivity contribution in [1.29, 1.82) is 0 Å². The van der Waals surface area contributed by atoms with Gasteiger partial charge in [-0.3, -0.25) is 5.43 Å². The Hall–Kier alpha value is -0.910. The summed E-state index contributed by atoms with van der Waals surface area (Å²) in [4.78, 5) is 15.7. The highest BCUT2D eigenvalue weighted by Crippen LogP contribution is 2.21. The Morgan fingerprint density at radius 1 is 1.69 bits per heavy atom. The predicted molar refractivity (Wildman–Crippen MR) is 54.5 cm³/mol. The van der Waals surface area contributed by atoms with Crippen LogP contribution in [0.2, 0.25) is 0 Å². The number of aliphatic imine (C=N–C) groups is 1. The predicted octanol–water partition coefficient (Wildman–Crippen LogP) is 0.601. The molecule has 5 nitrogen and oxygen atoms in total. The normalized spacial score (nSPS) is 19.4. The molecule has 6 heteroatoms. The van der Waals surface area contributed by atoms with E-state index in [0.29, 0.717) is 0 Å². The van der Waals surface area contributed by atoms with E-state index >= 15 is 0 Å². The van der Waals surface area contributed by atoms with E-state index < -0.39 is 5.66 Å². The Kier molecular flexibility index (Phi) is 2.70. The molecule has 1 heterocycles. The van der Waals surface area contributed by atoms with Crippen molar-refractivity contribution < 1.29 is 4.79 Å². The van der Waals surface area contributed by atoms with Gasteiger partial charge in [0.1, 0.15) is 0 Å². The molecule has 2 N–H and O–H groups in total. The van der Waals surface area contributed by atoms with Gasteiger partial charge in [0.05, 0.1) is 0 Å². The van der Waals surface area contributed by atoms with E-state index in [1.807, 2.05) is 20.1 Å². The lowest BCUT2D eigenvalue weighted by atomic mass is 10.2. The van der Waals surface area contributed by atoms with Gasteiger partial charge in [0.2, 0.25) is 0 Å². The van der Waals surface area contributed by atoms with Crippen molar-refractivity contribution in [3.05, 3.63) is 0 Å². The zero-order valence-corrected chi connectivity index (χ0v) is 9.03. The van der Waals surface area contributed by atoms with Crippen molar-refractivity contribution in [3.63, 3.8) is 0 Å². The van der Waals surface area contributed by atoms with Crippen LogP contribution in [0, 0.1) is 0 Å². The number of hydrazine groups is 1. The van der Waals surface area contributed by atoms with Crippen LogP contribution in [0.1, 0.15) is 13.8 Å². The number of nitrogens with one attached hydrogen (secondary N) is 2. The molecule has 0 saturated carbocycles. The maximum absolute atomic E-state index is 11.4. The summed E-state index contributed by atoms with van der Waals surface area (Å²) in [5, 5.41) is 4.78. The molecule has 2 amide bonds. The summed E-state index contributed by atoms with van der Waals surface area (Å²) in [6.45, 7) is 3.75. The third-order valence-electron chi connectivity index (χ3n) is 1.74. The summed E-state index contributed by atoms with van der Waals surface area (Å²) in [7, 11) is 1.59. The maximum atomic E-state index is 11.4. The summed E-state index contributed by atoms with van der Waals surface area (Å²) in [5.74, 6) is 0. The molecule has 1 rings (SSSR count). The van der Waals surface area contributed by atoms with Gasteiger partial charge in [-0.25, -0.2) is 14.8 Å². The molecule has 74 valence electrons. The van der Waals surface area contributed by atoms with E-state index in [4.69, 9.17) is 0 Å². The zero-order chi connectivity index (χ0) is 10.1. The van der Waals surface area contributed by atoms with Crippen LogP contribution < -0.4 is 10.7 Å². The number of carbonyl (C=O) groups excluding carboxylic acids is 1. The fourth-order valence-electron chi connectivity index (χ4n) is 1.06. The van der Waals surface area contributed by atoms with Crippen molar-refractivity contribution >= 4 is 23.0 Å². The molecule has 0 saturated heterocycles. The Morgan fingerprint density at radius 3 is 2.69 bits per heavy atom. The topological polar surface area (TPSA) is 56.7 Å². The lowest BCUT2D eigenvalue weighted by molar-refractivity contribution is 0.137. The van der Waals surface area contributed by atoms with Gasteiger partial charge < -0.3 is 5.32 Å². The number of amidine groups is 1. The van der Waals surface area contributed by atoms with Gasteiger partial charge in [-0.15, -0.1) is 0 Å². The minimum absolute atomic E-state index is 0.183. The number of urea groups is 1. The zero-order valence-electron chi connectivity index (χ0n) is 8.21. The molecule has 1 aliphatic heterocycles. The molecule has 0 atom stereocenters. The van der Waals surface area contributed by atoms with Gasteiger partial charge >= 0.3 is 6.03 Å². The number of amides is 2. The molecule has 0 fully saturated rings. The minimum Gasteiger partial charge on any atom is -0.340 e. The number of hydrogen-bond donors (Lipinski definition) is 2. The van der Waals surface area contributed by atoms with E-state index in [1.165, 1.54) is 16.8 Å². The molecule has 13 heavy (non-hydrogen) atoms. The number of carbonyl (C=O) groups is 1. The quantitative estimate of drug-likeness (QED) is 0.605. The summed E-state index contributed by atoms with van der Waals surface area (Å²) >= 11 is 1.48. The standard InChI is InChI=1S/C7H14N4OS/c1-7(2)9-5(13-4)10-11(7)6(12)8-3/h1-4H3,(H,8,12)(H,9,10). The van der Waals surface area contributed by atoms with Crippen LogP contribution in [0.3, 0.4) is 0 Å². The van der Waals surface area contributed by atoms with Crippen LogP contribution in [-0.4, -0.2) is 35.2 Å². The third kappa shape index (κ3) is 1.88. The van der Waals surface area contributed by atoms with Gasteiger partial charge in [0.25, 0.3) is 0 Å². The highest BCUT2D eigenvalue weighted by molar-refractivity contribution is 8.13. The van der Waals surface area contributed by atoms with Crippen LogP contribution in [0.15, 0.2) is 4.99 Å². The fourth-order valence-corrected chi connectivity index (χ4v) is 1.56. The van der Waals surface area contributed by atoms with Gasteiger partial charge in [-0.05, 0) is 20.1 Å². The number of thioether (sulfide) groups is 1. The van der Waals surface area contributed by atoms with Crippen molar-refractivity contribution in [2.75, 3.05) is 13.3 Å². The van der Waals surface area contributed by atoms with Crippen molar-refractivity contribution in [1.82, 2.24) is 15.8 Å². The van der Waals surface area contributed by atoms with E-state index in [1.54, 1.807) is 7.05 Å². The summed E-state index contributed by atoms with van der Waals surface area (Å²) in [5.41, 5.74) is 2.40. The van der Waals surface area contributed by atoms with E-state index in [-0.39, 0.29) is 6.03 Å². The molecule has 0 radical (unpaired) electrons. The molecule has 0 unspecified atom stereocenters.